The fourth-order valence-electron chi connectivity index (χ4n) is 0.726. The van der Waals surface area contributed by atoms with Crippen LogP contribution >= 0.6 is 0 Å². The van der Waals surface area contributed by atoms with E-state index < -0.39 is 5.56 Å². The van der Waals surface area contributed by atoms with E-state index in [2.05, 4.69) is 15.0 Å². The zero-order valence-corrected chi connectivity index (χ0v) is 4.86. The zero-order valence-electron chi connectivity index (χ0n) is 7.86. The van der Waals surface area contributed by atoms with E-state index in [0.717, 1.165) is 0 Å². The summed E-state index contributed by atoms with van der Waals surface area (Å²) in [4.78, 5) is 19.3. The van der Waals surface area contributed by atoms with Gasteiger partial charge in [0.2, 0.25) is 0 Å². The second kappa shape index (κ2) is 1.70. The molecule has 4 heteroatoms. The molecule has 0 atom stereocenters. The molecule has 0 bridgehead atoms. The van der Waals surface area contributed by atoms with Gasteiger partial charge in [-0.25, -0.2) is 0 Å². The number of hydrogen-bond donors (Lipinski definition) is 2. The summed E-state index contributed by atoms with van der Waals surface area (Å²) in [5, 5.41) is 0. The van der Waals surface area contributed by atoms with Crippen molar-refractivity contribution in [2.24, 2.45) is 0 Å². The predicted octanol–water partition coefficient (Wildman–Crippen LogP) is 0.251. The summed E-state index contributed by atoms with van der Waals surface area (Å²) in [6.07, 6.45) is -0.458. The third-order valence-corrected chi connectivity index (χ3v) is 1.18. The molecule has 2 heterocycles. The molecule has 0 saturated heterocycles. The molecule has 2 N–H and O–H groups in total. The largest absolute Gasteiger partial charge is 0.355 e. The number of aromatic nitrogens is 3. The Labute approximate surface area is 60.1 Å². The summed E-state index contributed by atoms with van der Waals surface area (Å²) in [6, 6.07) is -0.122. The Hall–Kier alpha value is -1.58. The lowest BCUT2D eigenvalue weighted by atomic mass is 10.5. The maximum atomic E-state index is 11.1. The molecule has 0 unspecified atom stereocenters. The molecule has 0 fully saturated rings. The zero-order chi connectivity index (χ0) is 9.59. The summed E-state index contributed by atoms with van der Waals surface area (Å²) in [5.41, 5.74) is -0.383. The Morgan fingerprint density at radius 3 is 3.40 bits per heavy atom. The minimum Gasteiger partial charge on any atom is -0.355 e. The van der Waals surface area contributed by atoms with Gasteiger partial charge in [-0.05, 0) is 6.04 Å². The van der Waals surface area contributed by atoms with Crippen LogP contribution in [0.5, 0.6) is 0 Å². The topological polar surface area (TPSA) is 61.5 Å². The first-order valence-corrected chi connectivity index (χ1v) is 2.65. The highest BCUT2D eigenvalue weighted by molar-refractivity contribution is 5.72. The van der Waals surface area contributed by atoms with Gasteiger partial charge in [0.15, 0.2) is 0 Å². The monoisotopic (exact) mass is 138 g/mol. The van der Waals surface area contributed by atoms with Crippen LogP contribution in [0.2, 0.25) is 0 Å². The van der Waals surface area contributed by atoms with Gasteiger partial charge in [0, 0.05) is 6.17 Å². The van der Waals surface area contributed by atoms with Crippen molar-refractivity contribution in [2.45, 2.75) is 0 Å². The number of aromatic amines is 2. The predicted molar refractivity (Wildman–Crippen MR) is 36.7 cm³/mol. The molecule has 0 aliphatic heterocycles. The van der Waals surface area contributed by atoms with Crippen molar-refractivity contribution in [3.05, 3.63) is 28.9 Å². The summed E-state index contributed by atoms with van der Waals surface area (Å²) >= 11 is 0. The van der Waals surface area contributed by atoms with Crippen LogP contribution in [0.1, 0.15) is 4.11 Å². The van der Waals surface area contributed by atoms with Crippen LogP contribution in [0.15, 0.2) is 23.3 Å². The quantitative estimate of drug-likeness (QED) is 0.548. The molecule has 0 aliphatic carbocycles. The van der Waals surface area contributed by atoms with Crippen molar-refractivity contribution in [3.63, 3.8) is 0 Å². The maximum Gasteiger partial charge on any atom is 0.296 e. The summed E-state index contributed by atoms with van der Waals surface area (Å²) < 4.78 is 21.7. The SMILES string of the molecule is [2H]c1nc(=O)c2[nH]c([2H])c([2H])c2[nH]1. The normalized spacial score (nSPS) is 14.6. The second-order valence-corrected chi connectivity index (χ2v) is 1.78. The lowest BCUT2D eigenvalue weighted by Crippen LogP contribution is -2.05. The lowest BCUT2D eigenvalue weighted by molar-refractivity contribution is 1.16. The molecule has 0 aliphatic rings. The number of rotatable bonds is 0. The van der Waals surface area contributed by atoms with Crippen LogP contribution < -0.4 is 5.56 Å². The van der Waals surface area contributed by atoms with E-state index in [1.165, 1.54) is 0 Å². The first kappa shape index (κ1) is 3.01. The third kappa shape index (κ3) is 0.556. The first-order chi connectivity index (χ1) is 6.09. The Morgan fingerprint density at radius 2 is 2.50 bits per heavy atom. The molecule has 2 aromatic heterocycles. The summed E-state index contributed by atoms with van der Waals surface area (Å²) in [6.45, 7) is 0. The van der Waals surface area contributed by atoms with Gasteiger partial charge in [-0.3, -0.25) is 4.79 Å². The standard InChI is InChI=1S/C6H5N3O/c10-6-5-4(1-2-7-5)8-3-9-6/h1-3,7H,(H,8,9,10)/i1D,2D,3D. The molecular formula is C6H5N3O. The first-order valence-electron chi connectivity index (χ1n) is 4.15. The Kier molecular flexibility index (Phi) is 0.510. The maximum absolute atomic E-state index is 11.1. The van der Waals surface area contributed by atoms with E-state index in [9.17, 15) is 4.79 Å². The van der Waals surface area contributed by atoms with E-state index >= 15 is 0 Å². The van der Waals surface area contributed by atoms with Crippen molar-refractivity contribution >= 4 is 11.0 Å². The fourth-order valence-corrected chi connectivity index (χ4v) is 0.726. The molecule has 0 aromatic carbocycles. The molecule has 0 amide bonds. The molecule has 10 heavy (non-hydrogen) atoms. The fraction of sp³-hybridized carbons (Fsp3) is 0. The molecule has 2 aromatic rings. The van der Waals surface area contributed by atoms with E-state index in [1.54, 1.807) is 0 Å². The van der Waals surface area contributed by atoms with Crippen LogP contribution in [0.4, 0.5) is 0 Å². The highest BCUT2D eigenvalue weighted by Crippen LogP contribution is 1.99. The van der Waals surface area contributed by atoms with Gasteiger partial charge in [0.1, 0.15) is 6.89 Å². The van der Waals surface area contributed by atoms with Crippen LogP contribution in [-0.4, -0.2) is 15.0 Å². The van der Waals surface area contributed by atoms with E-state index in [4.69, 9.17) is 4.11 Å². The molecule has 50 valence electrons. The van der Waals surface area contributed by atoms with Crippen LogP contribution in [0, 0.1) is 0 Å². The average molecular weight is 138 g/mol. The van der Waals surface area contributed by atoms with Gasteiger partial charge in [-0.2, -0.15) is 4.98 Å². The lowest BCUT2D eigenvalue weighted by Gasteiger charge is -1.83. The number of hydrogen-bond acceptors (Lipinski definition) is 2. The number of fused-ring (bicyclic) bond motifs is 1. The Morgan fingerprint density at radius 1 is 1.60 bits per heavy atom. The van der Waals surface area contributed by atoms with Crippen LogP contribution in [0.25, 0.3) is 11.0 Å². The molecular weight excluding hydrogens is 130 g/mol. The Bertz CT molecular complexity index is 530. The van der Waals surface area contributed by atoms with Gasteiger partial charge in [-0.15, -0.1) is 0 Å². The number of H-pyrrole nitrogens is 2. The van der Waals surface area contributed by atoms with Crippen molar-refractivity contribution in [2.75, 3.05) is 0 Å². The van der Waals surface area contributed by atoms with Crippen molar-refractivity contribution in [1.82, 2.24) is 15.0 Å². The third-order valence-electron chi connectivity index (χ3n) is 1.18. The van der Waals surface area contributed by atoms with E-state index in [0.29, 0.717) is 0 Å². The van der Waals surface area contributed by atoms with Gasteiger partial charge in [0.05, 0.1) is 14.6 Å². The molecule has 2 rings (SSSR count). The summed E-state index contributed by atoms with van der Waals surface area (Å²) in [7, 11) is 0. The molecule has 4 nitrogen and oxygen atoms in total. The van der Waals surface area contributed by atoms with Crippen LogP contribution in [0.3, 0.4) is 0 Å². The van der Waals surface area contributed by atoms with E-state index in [1.807, 2.05) is 0 Å². The minimum atomic E-state index is -0.620. The highest BCUT2D eigenvalue weighted by Gasteiger charge is 1.95. The van der Waals surface area contributed by atoms with Crippen molar-refractivity contribution in [1.29, 1.82) is 0 Å². The van der Waals surface area contributed by atoms with E-state index in [-0.39, 0.29) is 29.6 Å². The second-order valence-electron chi connectivity index (χ2n) is 1.78. The number of nitrogens with zero attached hydrogens (tertiary/aromatic N) is 1. The minimum absolute atomic E-state index is 0.0750. The molecule has 0 saturated carbocycles. The van der Waals surface area contributed by atoms with Crippen molar-refractivity contribution < 1.29 is 4.11 Å². The van der Waals surface area contributed by atoms with Crippen LogP contribution in [-0.2, 0) is 0 Å². The van der Waals surface area contributed by atoms with Crippen molar-refractivity contribution in [3.8, 4) is 0 Å². The van der Waals surface area contributed by atoms with Gasteiger partial charge in [0.25, 0.3) is 5.56 Å². The smallest absolute Gasteiger partial charge is 0.296 e. The van der Waals surface area contributed by atoms with Gasteiger partial charge >= 0.3 is 0 Å². The Balaban J connectivity index is 3.03. The molecule has 0 spiro atoms. The highest BCUT2D eigenvalue weighted by atomic mass is 16.1. The van der Waals surface area contributed by atoms with Gasteiger partial charge < -0.3 is 9.97 Å². The number of nitrogens with one attached hydrogen (secondary N) is 2. The summed E-state index contributed by atoms with van der Waals surface area (Å²) in [5.74, 6) is 0. The van der Waals surface area contributed by atoms with Gasteiger partial charge in [-0.1, -0.05) is 0 Å². The molecule has 0 radical (unpaired) electrons. The average Bonchev–Trinajstić information content (AvgIpc) is 2.32.